The number of nitrogens with one attached hydrogen (secondary N) is 1. The first-order valence-electron chi connectivity index (χ1n) is 7.43. The molecular formula is C17H17N3O3S. The maximum absolute atomic E-state index is 12.5. The van der Waals surface area contributed by atoms with Crippen LogP contribution in [-0.2, 0) is 0 Å². The molecule has 1 aromatic heterocycles. The summed E-state index contributed by atoms with van der Waals surface area (Å²) in [5, 5.41) is 3.48. The number of pyridine rings is 1. The Labute approximate surface area is 144 Å². The van der Waals surface area contributed by atoms with Crippen molar-refractivity contribution in [1.82, 2.24) is 9.88 Å². The van der Waals surface area contributed by atoms with Crippen molar-refractivity contribution in [3.05, 3.63) is 47.7 Å². The van der Waals surface area contributed by atoms with Crippen LogP contribution >= 0.6 is 11.8 Å². The first-order valence-corrected chi connectivity index (χ1v) is 8.65. The monoisotopic (exact) mass is 343 g/mol. The molecule has 6 nitrogen and oxygen atoms in total. The molecular weight excluding hydrogens is 326 g/mol. The smallest absolute Gasteiger partial charge is 0.258 e. The largest absolute Gasteiger partial charge is 0.491 e. The Morgan fingerprint density at radius 2 is 2.21 bits per heavy atom. The highest BCUT2D eigenvalue weighted by atomic mass is 32.2. The molecule has 24 heavy (non-hydrogen) atoms. The number of aromatic nitrogens is 1. The van der Waals surface area contributed by atoms with Crippen molar-refractivity contribution in [1.29, 1.82) is 0 Å². The predicted octanol–water partition coefficient (Wildman–Crippen LogP) is 2.52. The van der Waals surface area contributed by atoms with Crippen molar-refractivity contribution < 1.29 is 14.3 Å². The molecule has 0 unspecified atom stereocenters. The highest BCUT2D eigenvalue weighted by molar-refractivity contribution is 7.98. The van der Waals surface area contributed by atoms with Crippen LogP contribution in [0.4, 0.5) is 5.69 Å². The Morgan fingerprint density at radius 3 is 3.00 bits per heavy atom. The summed E-state index contributed by atoms with van der Waals surface area (Å²) >= 11 is 1.41. The molecule has 0 saturated heterocycles. The summed E-state index contributed by atoms with van der Waals surface area (Å²) in [5.41, 5.74) is 1.49. The van der Waals surface area contributed by atoms with Crippen molar-refractivity contribution in [2.24, 2.45) is 0 Å². The number of carbonyl (C=O) groups excluding carboxylic acids is 2. The SMILES string of the molecule is CSc1ncccc1C(=O)Nc1ccc2c(c1)C(=O)N(C)CCO2. The van der Waals surface area contributed by atoms with E-state index >= 15 is 0 Å². The van der Waals surface area contributed by atoms with E-state index in [1.807, 2.05) is 6.26 Å². The number of rotatable bonds is 3. The summed E-state index contributed by atoms with van der Waals surface area (Å²) in [6.07, 6.45) is 3.52. The normalized spacial score (nSPS) is 13.8. The Bertz CT molecular complexity index is 794. The minimum Gasteiger partial charge on any atom is -0.491 e. The number of thioether (sulfide) groups is 1. The van der Waals surface area contributed by atoms with Gasteiger partial charge >= 0.3 is 0 Å². The van der Waals surface area contributed by atoms with Crippen LogP contribution in [0.5, 0.6) is 5.75 Å². The number of hydrogen-bond donors (Lipinski definition) is 1. The first-order chi connectivity index (χ1) is 11.6. The van der Waals surface area contributed by atoms with Crippen molar-refractivity contribution in [2.75, 3.05) is 31.8 Å². The molecule has 7 heteroatoms. The zero-order valence-electron chi connectivity index (χ0n) is 13.4. The van der Waals surface area contributed by atoms with Gasteiger partial charge in [-0.25, -0.2) is 4.98 Å². The molecule has 0 radical (unpaired) electrons. The van der Waals surface area contributed by atoms with Crippen LogP contribution in [0.25, 0.3) is 0 Å². The molecule has 2 amide bonds. The maximum atomic E-state index is 12.5. The van der Waals surface area contributed by atoms with Crippen LogP contribution in [0.2, 0.25) is 0 Å². The highest BCUT2D eigenvalue weighted by Gasteiger charge is 2.22. The Balaban J connectivity index is 1.87. The summed E-state index contributed by atoms with van der Waals surface area (Å²) in [6, 6.07) is 8.52. The highest BCUT2D eigenvalue weighted by Crippen LogP contribution is 2.27. The molecule has 2 aromatic rings. The van der Waals surface area contributed by atoms with Crippen LogP contribution in [0.15, 0.2) is 41.6 Å². The Morgan fingerprint density at radius 1 is 1.38 bits per heavy atom. The van der Waals surface area contributed by atoms with Crippen molar-refractivity contribution in [2.45, 2.75) is 5.03 Å². The van der Waals surface area contributed by atoms with E-state index in [1.165, 1.54) is 11.8 Å². The van der Waals surface area contributed by atoms with Crippen molar-refractivity contribution >= 4 is 29.3 Å². The summed E-state index contributed by atoms with van der Waals surface area (Å²) in [4.78, 5) is 30.6. The van der Waals surface area contributed by atoms with E-state index in [0.29, 0.717) is 40.7 Å². The van der Waals surface area contributed by atoms with Gasteiger partial charge in [-0.3, -0.25) is 9.59 Å². The van der Waals surface area contributed by atoms with Crippen LogP contribution in [0.1, 0.15) is 20.7 Å². The fraction of sp³-hybridized carbons (Fsp3) is 0.235. The number of hydrogen-bond acceptors (Lipinski definition) is 5. The second-order valence-corrected chi connectivity index (χ2v) is 6.10. The van der Waals surface area contributed by atoms with E-state index < -0.39 is 0 Å². The van der Waals surface area contributed by atoms with Gasteiger partial charge in [0.2, 0.25) is 0 Å². The summed E-state index contributed by atoms with van der Waals surface area (Å²) in [5.74, 6) is 0.154. The molecule has 1 aliphatic rings. The molecule has 124 valence electrons. The van der Waals surface area contributed by atoms with E-state index in [0.717, 1.165) is 0 Å². The zero-order valence-corrected chi connectivity index (χ0v) is 14.2. The van der Waals surface area contributed by atoms with Crippen LogP contribution in [0, 0.1) is 0 Å². The van der Waals surface area contributed by atoms with E-state index in [-0.39, 0.29) is 11.8 Å². The third kappa shape index (κ3) is 3.21. The van der Waals surface area contributed by atoms with E-state index in [1.54, 1.807) is 48.5 Å². The number of likely N-dealkylation sites (N-methyl/N-ethyl adjacent to an activating group) is 1. The van der Waals surface area contributed by atoms with Gasteiger partial charge in [0.05, 0.1) is 17.7 Å². The lowest BCUT2D eigenvalue weighted by molar-refractivity contribution is 0.0796. The number of benzene rings is 1. The molecule has 0 spiro atoms. The number of amides is 2. The lowest BCUT2D eigenvalue weighted by Crippen LogP contribution is -2.27. The minimum atomic E-state index is -0.261. The van der Waals surface area contributed by atoms with Gasteiger partial charge in [0.15, 0.2) is 0 Å². The molecule has 0 fully saturated rings. The lowest BCUT2D eigenvalue weighted by Gasteiger charge is -2.13. The van der Waals surface area contributed by atoms with Crippen LogP contribution in [0.3, 0.4) is 0 Å². The van der Waals surface area contributed by atoms with E-state index in [2.05, 4.69) is 10.3 Å². The third-order valence-corrected chi connectivity index (χ3v) is 4.42. The summed E-state index contributed by atoms with van der Waals surface area (Å²) in [6.45, 7) is 0.982. The fourth-order valence-electron chi connectivity index (χ4n) is 2.43. The van der Waals surface area contributed by atoms with Gasteiger partial charge in [-0.05, 0) is 36.6 Å². The van der Waals surface area contributed by atoms with Crippen molar-refractivity contribution in [3.63, 3.8) is 0 Å². The molecule has 1 N–H and O–H groups in total. The quantitative estimate of drug-likeness (QED) is 0.867. The van der Waals surface area contributed by atoms with Gasteiger partial charge in [0, 0.05) is 18.9 Å². The fourth-order valence-corrected chi connectivity index (χ4v) is 2.97. The summed E-state index contributed by atoms with van der Waals surface area (Å²) < 4.78 is 5.58. The zero-order chi connectivity index (χ0) is 17.1. The second kappa shape index (κ2) is 6.92. The van der Waals surface area contributed by atoms with Gasteiger partial charge in [0.25, 0.3) is 11.8 Å². The Hall–Kier alpha value is -2.54. The van der Waals surface area contributed by atoms with Crippen LogP contribution in [-0.4, -0.2) is 48.2 Å². The van der Waals surface area contributed by atoms with Gasteiger partial charge < -0.3 is 15.0 Å². The topological polar surface area (TPSA) is 71.5 Å². The Kier molecular flexibility index (Phi) is 4.71. The predicted molar refractivity (Wildman–Crippen MR) is 92.9 cm³/mol. The number of ether oxygens (including phenoxy) is 1. The molecule has 3 rings (SSSR count). The minimum absolute atomic E-state index is 0.121. The second-order valence-electron chi connectivity index (χ2n) is 5.30. The van der Waals surface area contributed by atoms with Gasteiger partial charge in [-0.2, -0.15) is 0 Å². The van der Waals surface area contributed by atoms with Gasteiger partial charge in [-0.1, -0.05) is 0 Å². The van der Waals surface area contributed by atoms with E-state index in [9.17, 15) is 9.59 Å². The number of carbonyl (C=O) groups is 2. The number of anilines is 1. The standard InChI is InChI=1S/C17H17N3O3S/c1-20-8-9-23-14-6-5-11(10-13(14)17(20)22)19-15(21)12-4-3-7-18-16(12)24-2/h3-7,10H,8-9H2,1-2H3,(H,19,21). The molecule has 1 aromatic carbocycles. The van der Waals surface area contributed by atoms with Crippen LogP contribution < -0.4 is 10.1 Å². The summed E-state index contributed by atoms with van der Waals surface area (Å²) in [7, 11) is 1.73. The molecule has 0 bridgehead atoms. The maximum Gasteiger partial charge on any atom is 0.258 e. The average Bonchev–Trinajstić information content (AvgIpc) is 2.74. The van der Waals surface area contributed by atoms with E-state index in [4.69, 9.17) is 4.74 Å². The first kappa shape index (κ1) is 16.3. The van der Waals surface area contributed by atoms with Gasteiger partial charge in [0.1, 0.15) is 17.4 Å². The third-order valence-electron chi connectivity index (χ3n) is 3.71. The van der Waals surface area contributed by atoms with Crippen molar-refractivity contribution in [3.8, 4) is 5.75 Å². The number of nitrogens with zero attached hydrogens (tertiary/aromatic N) is 2. The van der Waals surface area contributed by atoms with Gasteiger partial charge in [-0.15, -0.1) is 11.8 Å². The lowest BCUT2D eigenvalue weighted by atomic mass is 10.1. The molecule has 0 aliphatic carbocycles. The molecule has 1 aliphatic heterocycles. The number of fused-ring (bicyclic) bond motifs is 1. The average molecular weight is 343 g/mol. The molecule has 0 saturated carbocycles. The molecule has 2 heterocycles. The molecule has 0 atom stereocenters.